The van der Waals surface area contributed by atoms with Gasteiger partial charge in [-0.1, -0.05) is 28.5 Å². The van der Waals surface area contributed by atoms with Crippen LogP contribution in [-0.4, -0.2) is 20.5 Å². The Bertz CT molecular complexity index is 1180. The largest absolute Gasteiger partial charge is 0.571 e. The van der Waals surface area contributed by atoms with Crippen molar-refractivity contribution in [3.63, 3.8) is 0 Å². The van der Waals surface area contributed by atoms with Crippen LogP contribution < -0.4 is 4.96 Å². The van der Waals surface area contributed by atoms with Gasteiger partial charge in [-0.25, -0.2) is 4.98 Å². The molecule has 0 bridgehead atoms. The molecule has 7 heteroatoms. The Labute approximate surface area is 154 Å². The number of Topliss-reactive ketones (excluding diaryl/α,β-unsaturated/α-hetero) is 1. The third kappa shape index (κ3) is 2.31. The molecule has 2 aromatic heterocycles. The van der Waals surface area contributed by atoms with Gasteiger partial charge in [0.2, 0.25) is 5.95 Å². The molecule has 0 radical (unpaired) electrons. The van der Waals surface area contributed by atoms with Crippen LogP contribution in [0.1, 0.15) is 27.3 Å². The average molecular weight is 362 g/mol. The van der Waals surface area contributed by atoms with Crippen molar-refractivity contribution < 1.29 is 14.1 Å². The molecule has 0 saturated carbocycles. The highest BCUT2D eigenvalue weighted by atomic mass is 19.1. The Balaban J connectivity index is 1.56. The fourth-order valence-corrected chi connectivity index (χ4v) is 3.63. The lowest BCUT2D eigenvalue weighted by Crippen LogP contribution is -2.40. The van der Waals surface area contributed by atoms with E-state index in [4.69, 9.17) is 0 Å². The highest BCUT2D eigenvalue weighted by molar-refractivity contribution is 6.07. The van der Waals surface area contributed by atoms with Crippen molar-refractivity contribution in [1.82, 2.24) is 14.8 Å². The number of ketones is 1. The summed E-state index contributed by atoms with van der Waals surface area (Å²) in [6.45, 7) is 3.38. The first-order chi connectivity index (χ1) is 12.9. The minimum Gasteiger partial charge on any atom is -0.571 e. The van der Waals surface area contributed by atoms with Crippen LogP contribution in [0, 0.1) is 30.9 Å². The van der Waals surface area contributed by atoms with Crippen LogP contribution >= 0.6 is 0 Å². The lowest BCUT2D eigenvalue weighted by molar-refractivity contribution is -0.740. The molecule has 27 heavy (non-hydrogen) atoms. The van der Waals surface area contributed by atoms with Gasteiger partial charge in [0.15, 0.2) is 11.5 Å². The molecular formula is C20H15FN4O2. The van der Waals surface area contributed by atoms with Gasteiger partial charge in [-0.3, -0.25) is 4.79 Å². The predicted octanol–water partition coefficient (Wildman–Crippen LogP) is 2.62. The van der Waals surface area contributed by atoms with Crippen LogP contribution in [0.2, 0.25) is 0 Å². The quantitative estimate of drug-likeness (QED) is 0.304. The number of allylic oxidation sites excluding steroid dienone is 2. The number of aromatic nitrogens is 4. The maximum absolute atomic E-state index is 14.7. The van der Waals surface area contributed by atoms with Crippen LogP contribution in [0.5, 0.6) is 0 Å². The van der Waals surface area contributed by atoms with Gasteiger partial charge in [-0.2, -0.15) is 4.39 Å². The number of carbonyl (C=O) groups is 1. The second-order valence-corrected chi connectivity index (χ2v) is 6.97. The number of aryl methyl sites for hydroxylation is 1. The molecule has 0 N–H and O–H groups in total. The van der Waals surface area contributed by atoms with Crippen molar-refractivity contribution in [3.8, 4) is 16.9 Å². The van der Waals surface area contributed by atoms with Gasteiger partial charge in [0, 0.05) is 21.2 Å². The van der Waals surface area contributed by atoms with Gasteiger partial charge in [-0.15, -0.1) is 0 Å². The van der Waals surface area contributed by atoms with Crippen molar-refractivity contribution in [2.75, 3.05) is 0 Å². The van der Waals surface area contributed by atoms with E-state index >= 15 is 0 Å². The summed E-state index contributed by atoms with van der Waals surface area (Å²) in [6, 6.07) is 8.67. The lowest BCUT2D eigenvalue weighted by Gasteiger charge is -2.15. The molecule has 134 valence electrons. The summed E-state index contributed by atoms with van der Waals surface area (Å²) in [4.78, 5) is 16.8. The Kier molecular flexibility index (Phi) is 3.13. The van der Waals surface area contributed by atoms with Crippen molar-refractivity contribution in [3.05, 3.63) is 75.7 Å². The lowest BCUT2D eigenvalue weighted by atomic mass is 9.88. The zero-order chi connectivity index (χ0) is 18.9. The Morgan fingerprint density at radius 2 is 2.07 bits per heavy atom. The van der Waals surface area contributed by atoms with Gasteiger partial charge in [-0.05, 0) is 44.0 Å². The number of fused-ring (bicyclic) bond motifs is 2. The fourth-order valence-electron chi connectivity index (χ4n) is 3.63. The monoisotopic (exact) mass is 362 g/mol. The van der Waals surface area contributed by atoms with E-state index in [-0.39, 0.29) is 17.4 Å². The molecule has 1 unspecified atom stereocenters. The third-order valence-corrected chi connectivity index (χ3v) is 5.32. The van der Waals surface area contributed by atoms with E-state index in [1.54, 1.807) is 26.0 Å². The zero-order valence-corrected chi connectivity index (χ0v) is 14.7. The Morgan fingerprint density at radius 1 is 1.26 bits per heavy atom. The summed E-state index contributed by atoms with van der Waals surface area (Å²) < 4.78 is 15.8. The third-order valence-electron chi connectivity index (χ3n) is 5.32. The standard InChI is InChI=1S/C20H15FN4O2/c1-10-11(2)24(25(27)23-10)18-6-5-17(22-20(18)21)13-4-3-12-7-14-9-16(14)19(26)15(12)8-13/h3-6,8-9,16H,7H2,1-2H3. The highest BCUT2D eigenvalue weighted by Crippen LogP contribution is 2.41. The molecule has 0 spiro atoms. The summed E-state index contributed by atoms with van der Waals surface area (Å²) in [7, 11) is 0. The molecule has 0 fully saturated rings. The van der Waals surface area contributed by atoms with Crippen LogP contribution in [0.25, 0.3) is 16.9 Å². The van der Waals surface area contributed by atoms with Crippen LogP contribution in [0.3, 0.4) is 0 Å². The van der Waals surface area contributed by atoms with Crippen LogP contribution in [-0.2, 0) is 6.42 Å². The van der Waals surface area contributed by atoms with Crippen molar-refractivity contribution in [2.24, 2.45) is 5.92 Å². The summed E-state index contributed by atoms with van der Waals surface area (Å²) in [6.07, 6.45) is 2.79. The van der Waals surface area contributed by atoms with Gasteiger partial charge in [0.05, 0.1) is 11.6 Å². The topological polar surface area (TPSA) is 74.7 Å². The van der Waals surface area contributed by atoms with Crippen molar-refractivity contribution >= 4 is 5.78 Å². The number of rotatable bonds is 2. The summed E-state index contributed by atoms with van der Waals surface area (Å²) in [5, 5.41) is 15.7. The van der Waals surface area contributed by atoms with Gasteiger partial charge < -0.3 is 5.21 Å². The number of halogens is 1. The van der Waals surface area contributed by atoms with Crippen molar-refractivity contribution in [2.45, 2.75) is 20.3 Å². The van der Waals surface area contributed by atoms with E-state index in [1.807, 2.05) is 18.2 Å². The van der Waals surface area contributed by atoms with E-state index < -0.39 is 5.95 Å². The molecule has 3 aromatic rings. The molecule has 0 aliphatic heterocycles. The smallest absolute Gasteiger partial charge is 0.243 e. The maximum atomic E-state index is 14.7. The molecule has 0 amide bonds. The summed E-state index contributed by atoms with van der Waals surface area (Å²) >= 11 is 0. The second-order valence-electron chi connectivity index (χ2n) is 6.97. The van der Waals surface area contributed by atoms with Gasteiger partial charge in [0.1, 0.15) is 11.4 Å². The Morgan fingerprint density at radius 3 is 2.78 bits per heavy atom. The van der Waals surface area contributed by atoms with E-state index in [0.717, 1.165) is 16.7 Å². The highest BCUT2D eigenvalue weighted by Gasteiger charge is 2.38. The number of pyridine rings is 1. The number of hydrogen-bond acceptors (Lipinski definition) is 4. The molecule has 2 aliphatic carbocycles. The molecule has 2 heterocycles. The first kappa shape index (κ1) is 15.9. The van der Waals surface area contributed by atoms with E-state index in [2.05, 4.69) is 10.1 Å². The predicted molar refractivity (Wildman–Crippen MR) is 94.8 cm³/mol. The molecule has 0 saturated heterocycles. The van der Waals surface area contributed by atoms with Gasteiger partial charge >= 0.3 is 0 Å². The molecule has 2 aliphatic rings. The SMILES string of the molecule is Cc1n[n+]([O-])n(-c2ccc(-c3ccc4c(c3)C(=O)C3C=C3C4)nc2F)c1C. The first-order valence-corrected chi connectivity index (χ1v) is 8.65. The molecule has 1 aromatic carbocycles. The van der Waals surface area contributed by atoms with E-state index in [0.29, 0.717) is 33.2 Å². The number of carbonyl (C=O) groups excluding carboxylic acids is 1. The zero-order valence-electron chi connectivity index (χ0n) is 14.7. The average Bonchev–Trinajstić information content (AvgIpc) is 3.37. The number of benzene rings is 1. The van der Waals surface area contributed by atoms with Gasteiger partial charge in [0.25, 0.3) is 0 Å². The fraction of sp³-hybridized carbons (Fsp3) is 0.200. The van der Waals surface area contributed by atoms with Crippen LogP contribution in [0.15, 0.2) is 42.0 Å². The normalized spacial score (nSPS) is 17.4. The van der Waals surface area contributed by atoms with Crippen molar-refractivity contribution in [1.29, 1.82) is 0 Å². The van der Waals surface area contributed by atoms with Crippen LogP contribution in [0.4, 0.5) is 4.39 Å². The number of nitrogens with zero attached hydrogens (tertiary/aromatic N) is 4. The molecule has 1 atom stereocenters. The van der Waals surface area contributed by atoms with E-state index in [9.17, 15) is 14.4 Å². The first-order valence-electron chi connectivity index (χ1n) is 8.65. The maximum Gasteiger partial charge on any atom is 0.243 e. The second kappa shape index (κ2) is 5.33. The van der Waals surface area contributed by atoms with E-state index in [1.165, 1.54) is 11.6 Å². The summed E-state index contributed by atoms with van der Waals surface area (Å²) in [5.74, 6) is -0.713. The Hall–Kier alpha value is -3.35. The summed E-state index contributed by atoms with van der Waals surface area (Å²) in [5.41, 5.74) is 5.05. The minimum atomic E-state index is -0.771. The molecule has 5 rings (SSSR count). The number of hydrogen-bond donors (Lipinski definition) is 0. The molecular weight excluding hydrogens is 347 g/mol. The molecule has 6 nitrogen and oxygen atoms in total. The minimum absolute atomic E-state index is 0.0349.